The minimum Gasteiger partial charge on any atom is -0.465 e. The summed E-state index contributed by atoms with van der Waals surface area (Å²) < 4.78 is 10.6. The second-order valence-corrected chi connectivity index (χ2v) is 6.96. The zero-order chi connectivity index (χ0) is 19.1. The molecular weight excluding hydrogens is 318 g/mol. The molecule has 0 aliphatic heterocycles. The van der Waals surface area contributed by atoms with E-state index in [0.29, 0.717) is 25.0 Å². The number of rotatable bonds is 15. The number of esters is 2. The summed E-state index contributed by atoms with van der Waals surface area (Å²) in [4.78, 5) is 23.8. The summed E-state index contributed by atoms with van der Waals surface area (Å²) in [5.74, 6) is -0.176. The van der Waals surface area contributed by atoms with E-state index in [1.807, 2.05) is 0 Å². The molecule has 0 aromatic heterocycles. The molecule has 148 valence electrons. The summed E-state index contributed by atoms with van der Waals surface area (Å²) in [6, 6.07) is -0.938. The summed E-state index contributed by atoms with van der Waals surface area (Å²) in [6.45, 7) is 9.27. The lowest BCUT2D eigenvalue weighted by atomic mass is 10.0. The fourth-order valence-electron chi connectivity index (χ4n) is 2.64. The average Bonchev–Trinajstić information content (AvgIpc) is 2.61. The molecule has 0 aromatic carbocycles. The number of carbonyl (C=O) groups excluding carboxylic acids is 2. The molecule has 0 aromatic rings. The third kappa shape index (κ3) is 12.0. The molecule has 0 rings (SSSR count). The van der Waals surface area contributed by atoms with Crippen LogP contribution < -0.4 is 5.73 Å². The molecular formula is C20H39NO4. The van der Waals surface area contributed by atoms with E-state index in [2.05, 4.69) is 27.7 Å². The van der Waals surface area contributed by atoms with E-state index in [1.54, 1.807) is 0 Å². The van der Waals surface area contributed by atoms with Gasteiger partial charge in [0.1, 0.15) is 6.04 Å². The van der Waals surface area contributed by atoms with Gasteiger partial charge in [-0.3, -0.25) is 9.59 Å². The van der Waals surface area contributed by atoms with Gasteiger partial charge in [0.2, 0.25) is 0 Å². The van der Waals surface area contributed by atoms with Gasteiger partial charge in [-0.15, -0.1) is 0 Å². The third-order valence-electron chi connectivity index (χ3n) is 4.72. The number of ether oxygens (including phenoxy) is 2. The van der Waals surface area contributed by atoms with Gasteiger partial charge in [-0.1, -0.05) is 66.2 Å². The number of carbonyl (C=O) groups is 2. The number of unbranched alkanes of at least 4 members (excludes halogenated alkanes) is 2. The number of nitrogens with two attached hydrogens (primary N) is 1. The van der Waals surface area contributed by atoms with Gasteiger partial charge in [0, 0.05) is 0 Å². The smallest absolute Gasteiger partial charge is 0.323 e. The van der Waals surface area contributed by atoms with Crippen LogP contribution in [-0.2, 0) is 19.1 Å². The molecule has 0 amide bonds. The van der Waals surface area contributed by atoms with Crippen LogP contribution in [0.5, 0.6) is 0 Å². The predicted molar refractivity (Wildman–Crippen MR) is 101 cm³/mol. The van der Waals surface area contributed by atoms with E-state index in [4.69, 9.17) is 15.2 Å². The molecule has 5 heteroatoms. The van der Waals surface area contributed by atoms with Gasteiger partial charge < -0.3 is 15.2 Å². The van der Waals surface area contributed by atoms with Crippen LogP contribution in [-0.4, -0.2) is 31.2 Å². The van der Waals surface area contributed by atoms with Gasteiger partial charge in [-0.2, -0.15) is 0 Å². The lowest BCUT2D eigenvalue weighted by molar-refractivity contribution is -0.153. The lowest BCUT2D eigenvalue weighted by Crippen LogP contribution is -2.36. The van der Waals surface area contributed by atoms with Gasteiger partial charge in [0.25, 0.3) is 0 Å². The van der Waals surface area contributed by atoms with E-state index in [-0.39, 0.29) is 6.42 Å². The van der Waals surface area contributed by atoms with Crippen molar-refractivity contribution in [2.24, 2.45) is 17.6 Å². The molecule has 3 unspecified atom stereocenters. The fourth-order valence-corrected chi connectivity index (χ4v) is 2.64. The minimum absolute atomic E-state index is 0.116. The normalized spacial score (nSPS) is 14.6. The first kappa shape index (κ1) is 23.9. The first-order valence-electron chi connectivity index (χ1n) is 10.1. The Balaban J connectivity index is 4.09. The van der Waals surface area contributed by atoms with Crippen molar-refractivity contribution in [3.8, 4) is 0 Å². The Labute approximate surface area is 154 Å². The zero-order valence-electron chi connectivity index (χ0n) is 16.7. The first-order valence-corrected chi connectivity index (χ1v) is 10.1. The van der Waals surface area contributed by atoms with Crippen LogP contribution in [0.4, 0.5) is 0 Å². The molecule has 0 saturated carbocycles. The van der Waals surface area contributed by atoms with Crippen molar-refractivity contribution in [3.63, 3.8) is 0 Å². The molecule has 0 bridgehead atoms. The molecule has 0 spiro atoms. The van der Waals surface area contributed by atoms with E-state index < -0.39 is 18.0 Å². The minimum atomic E-state index is -0.938. The highest BCUT2D eigenvalue weighted by molar-refractivity contribution is 5.82. The van der Waals surface area contributed by atoms with Gasteiger partial charge in [-0.05, 0) is 24.7 Å². The van der Waals surface area contributed by atoms with Crippen molar-refractivity contribution in [1.29, 1.82) is 0 Å². The van der Waals surface area contributed by atoms with Gasteiger partial charge in [0.15, 0.2) is 0 Å². The van der Waals surface area contributed by atoms with E-state index in [1.165, 1.54) is 0 Å². The molecule has 0 fully saturated rings. The first-order chi connectivity index (χ1) is 12.0. The van der Waals surface area contributed by atoms with Gasteiger partial charge >= 0.3 is 11.9 Å². The Morgan fingerprint density at radius 1 is 0.840 bits per heavy atom. The molecule has 0 heterocycles. The van der Waals surface area contributed by atoms with Crippen LogP contribution in [0.25, 0.3) is 0 Å². The molecule has 0 saturated heterocycles. The maximum atomic E-state index is 12.0. The van der Waals surface area contributed by atoms with Crippen molar-refractivity contribution in [1.82, 2.24) is 0 Å². The summed E-state index contributed by atoms with van der Waals surface area (Å²) >= 11 is 0. The van der Waals surface area contributed by atoms with Crippen molar-refractivity contribution in [2.75, 3.05) is 13.2 Å². The SMILES string of the molecule is CCCCC(CC)COC(=O)CC(N)C(=O)OCC(CC)CCCC. The second kappa shape index (κ2) is 15.2. The highest BCUT2D eigenvalue weighted by Gasteiger charge is 2.21. The summed E-state index contributed by atoms with van der Waals surface area (Å²) in [5, 5.41) is 0. The van der Waals surface area contributed by atoms with E-state index in [9.17, 15) is 9.59 Å². The Morgan fingerprint density at radius 2 is 1.32 bits per heavy atom. The molecule has 3 atom stereocenters. The lowest BCUT2D eigenvalue weighted by Gasteiger charge is -2.17. The van der Waals surface area contributed by atoms with Gasteiger partial charge in [-0.25, -0.2) is 0 Å². The molecule has 0 aliphatic rings. The highest BCUT2D eigenvalue weighted by Crippen LogP contribution is 2.14. The summed E-state index contributed by atoms with van der Waals surface area (Å²) in [5.41, 5.74) is 5.79. The molecule has 0 aliphatic carbocycles. The second-order valence-electron chi connectivity index (χ2n) is 6.96. The van der Waals surface area contributed by atoms with Crippen LogP contribution in [0.15, 0.2) is 0 Å². The maximum Gasteiger partial charge on any atom is 0.323 e. The monoisotopic (exact) mass is 357 g/mol. The van der Waals surface area contributed by atoms with Crippen molar-refractivity contribution in [2.45, 2.75) is 91.5 Å². The number of hydrogen-bond acceptors (Lipinski definition) is 5. The van der Waals surface area contributed by atoms with E-state index >= 15 is 0 Å². The average molecular weight is 358 g/mol. The largest absolute Gasteiger partial charge is 0.465 e. The third-order valence-corrected chi connectivity index (χ3v) is 4.72. The van der Waals surface area contributed by atoms with Crippen molar-refractivity contribution < 1.29 is 19.1 Å². The fraction of sp³-hybridized carbons (Fsp3) is 0.900. The van der Waals surface area contributed by atoms with Crippen molar-refractivity contribution >= 4 is 11.9 Å². The Morgan fingerprint density at radius 3 is 1.76 bits per heavy atom. The molecule has 0 radical (unpaired) electrons. The van der Waals surface area contributed by atoms with Crippen molar-refractivity contribution in [3.05, 3.63) is 0 Å². The molecule has 2 N–H and O–H groups in total. The standard InChI is InChI=1S/C20H39NO4/c1-5-9-11-16(7-3)14-24-19(22)13-18(21)20(23)25-15-17(8-4)12-10-6-2/h16-18H,5-15,21H2,1-4H3. The maximum absolute atomic E-state index is 12.0. The van der Waals surface area contributed by atoms with Crippen LogP contribution in [0.1, 0.15) is 85.5 Å². The topological polar surface area (TPSA) is 78.6 Å². The van der Waals surface area contributed by atoms with Crippen LogP contribution in [0.3, 0.4) is 0 Å². The Kier molecular flexibility index (Phi) is 14.5. The van der Waals surface area contributed by atoms with Crippen LogP contribution >= 0.6 is 0 Å². The van der Waals surface area contributed by atoms with E-state index in [0.717, 1.165) is 51.4 Å². The summed E-state index contributed by atoms with van der Waals surface area (Å²) in [7, 11) is 0. The quantitative estimate of drug-likeness (QED) is 0.444. The summed E-state index contributed by atoms with van der Waals surface area (Å²) in [6.07, 6.45) is 8.49. The zero-order valence-corrected chi connectivity index (χ0v) is 16.7. The Bertz CT molecular complexity index is 360. The van der Waals surface area contributed by atoms with Crippen LogP contribution in [0, 0.1) is 11.8 Å². The Hall–Kier alpha value is -1.10. The number of hydrogen-bond donors (Lipinski definition) is 1. The molecule has 25 heavy (non-hydrogen) atoms. The van der Waals surface area contributed by atoms with Gasteiger partial charge in [0.05, 0.1) is 19.6 Å². The highest BCUT2D eigenvalue weighted by atomic mass is 16.5. The van der Waals surface area contributed by atoms with Crippen LogP contribution in [0.2, 0.25) is 0 Å². The molecule has 5 nitrogen and oxygen atoms in total. The predicted octanol–water partition coefficient (Wildman–Crippen LogP) is 4.22.